The zero-order valence-electron chi connectivity index (χ0n) is 17.2. The molecule has 3 amide bonds. The molecule has 0 bridgehead atoms. The lowest BCUT2D eigenvalue weighted by atomic mass is 9.98. The molecular weight excluding hydrogens is 384 g/mol. The Kier molecular flexibility index (Phi) is 7.59. The average Bonchev–Trinajstić information content (AvgIpc) is 3.17. The van der Waals surface area contributed by atoms with Gasteiger partial charge in [-0.05, 0) is 31.7 Å². The van der Waals surface area contributed by atoms with E-state index in [9.17, 15) is 14.4 Å². The second-order valence-corrected chi connectivity index (χ2v) is 7.49. The second-order valence-electron chi connectivity index (χ2n) is 7.49. The van der Waals surface area contributed by atoms with E-state index in [1.165, 1.54) is 6.39 Å². The zero-order chi connectivity index (χ0) is 21.3. The molecular formula is C22H28N4O4. The lowest BCUT2D eigenvalue weighted by Gasteiger charge is -2.22. The summed E-state index contributed by atoms with van der Waals surface area (Å²) in [5.74, 6) is -0.468. The van der Waals surface area contributed by atoms with Crippen LogP contribution < -0.4 is 10.6 Å². The van der Waals surface area contributed by atoms with Crippen LogP contribution in [0.15, 0.2) is 41.1 Å². The maximum absolute atomic E-state index is 12.8. The number of nitrogens with zero attached hydrogens (tertiary/aromatic N) is 2. The van der Waals surface area contributed by atoms with Gasteiger partial charge in [0.25, 0.3) is 5.91 Å². The van der Waals surface area contributed by atoms with Crippen LogP contribution in [0.2, 0.25) is 0 Å². The molecule has 1 atom stereocenters. The van der Waals surface area contributed by atoms with Crippen molar-refractivity contribution in [3.05, 3.63) is 53.7 Å². The Hall–Kier alpha value is -3.16. The van der Waals surface area contributed by atoms with Crippen LogP contribution in [0, 0.1) is 12.8 Å². The fourth-order valence-corrected chi connectivity index (χ4v) is 3.54. The first-order valence-corrected chi connectivity index (χ1v) is 10.3. The van der Waals surface area contributed by atoms with Gasteiger partial charge < -0.3 is 20.0 Å². The van der Waals surface area contributed by atoms with E-state index >= 15 is 0 Å². The monoisotopic (exact) mass is 412 g/mol. The normalized spacial score (nSPS) is 18.2. The van der Waals surface area contributed by atoms with Gasteiger partial charge in [-0.25, -0.2) is 4.98 Å². The van der Waals surface area contributed by atoms with E-state index in [-0.39, 0.29) is 35.8 Å². The molecule has 1 saturated heterocycles. The summed E-state index contributed by atoms with van der Waals surface area (Å²) in [5, 5.41) is 5.84. The molecule has 0 saturated carbocycles. The molecule has 2 N–H and O–H groups in total. The Bertz CT molecular complexity index is 865. The molecule has 1 aromatic heterocycles. The number of amides is 3. The summed E-state index contributed by atoms with van der Waals surface area (Å²) in [6.45, 7) is 3.38. The van der Waals surface area contributed by atoms with Gasteiger partial charge in [-0.2, -0.15) is 0 Å². The second kappa shape index (κ2) is 10.6. The number of carbonyl (C=O) groups excluding carboxylic acids is 3. The maximum Gasteiger partial charge on any atom is 0.291 e. The zero-order valence-corrected chi connectivity index (χ0v) is 17.2. The minimum Gasteiger partial charge on any atom is -0.438 e. The number of rotatable bonds is 4. The molecule has 0 radical (unpaired) electrons. The van der Waals surface area contributed by atoms with Gasteiger partial charge in [0.2, 0.25) is 17.6 Å². The van der Waals surface area contributed by atoms with E-state index in [1.807, 2.05) is 30.3 Å². The van der Waals surface area contributed by atoms with Crippen LogP contribution in [0.25, 0.3) is 0 Å². The van der Waals surface area contributed by atoms with Crippen molar-refractivity contribution in [2.24, 2.45) is 5.92 Å². The van der Waals surface area contributed by atoms with E-state index < -0.39 is 0 Å². The Labute approximate surface area is 176 Å². The number of hydrogen-bond acceptors (Lipinski definition) is 5. The van der Waals surface area contributed by atoms with Crippen molar-refractivity contribution in [1.82, 2.24) is 20.5 Å². The summed E-state index contributed by atoms with van der Waals surface area (Å²) < 4.78 is 5.23. The number of carbonyl (C=O) groups is 3. The van der Waals surface area contributed by atoms with Gasteiger partial charge in [0.15, 0.2) is 6.39 Å². The van der Waals surface area contributed by atoms with Crippen LogP contribution >= 0.6 is 0 Å². The molecule has 0 spiro atoms. The van der Waals surface area contributed by atoms with E-state index in [0.717, 1.165) is 5.56 Å². The molecule has 1 unspecified atom stereocenters. The first-order valence-electron chi connectivity index (χ1n) is 10.3. The first-order chi connectivity index (χ1) is 14.5. The SMILES string of the molecule is Cc1ncoc1C(=O)N1CCCC(C(=O)NCc2ccccc2)CCNC(=O)CC1. The van der Waals surface area contributed by atoms with Crippen molar-refractivity contribution < 1.29 is 18.8 Å². The summed E-state index contributed by atoms with van der Waals surface area (Å²) in [6, 6.07) is 9.74. The van der Waals surface area contributed by atoms with Crippen LogP contribution in [0.3, 0.4) is 0 Å². The molecule has 160 valence electrons. The lowest BCUT2D eigenvalue weighted by molar-refractivity contribution is -0.126. The minimum absolute atomic E-state index is 0.0312. The largest absolute Gasteiger partial charge is 0.438 e. The number of aryl methyl sites for hydroxylation is 1. The van der Waals surface area contributed by atoms with Crippen molar-refractivity contribution in [3.63, 3.8) is 0 Å². The fraction of sp³-hybridized carbons (Fsp3) is 0.455. The number of oxazole rings is 1. The lowest BCUT2D eigenvalue weighted by Crippen LogP contribution is -2.36. The molecule has 1 fully saturated rings. The Morgan fingerprint density at radius 3 is 2.77 bits per heavy atom. The topological polar surface area (TPSA) is 105 Å². The number of aromatic nitrogens is 1. The van der Waals surface area contributed by atoms with E-state index in [0.29, 0.717) is 51.1 Å². The molecule has 2 heterocycles. The van der Waals surface area contributed by atoms with Crippen molar-refractivity contribution >= 4 is 17.7 Å². The molecule has 3 rings (SSSR count). The van der Waals surface area contributed by atoms with Crippen molar-refractivity contribution in [1.29, 1.82) is 0 Å². The summed E-state index contributed by atoms with van der Waals surface area (Å²) in [5.41, 5.74) is 1.56. The molecule has 8 heteroatoms. The highest BCUT2D eigenvalue weighted by atomic mass is 16.3. The molecule has 2 aromatic rings. The van der Waals surface area contributed by atoms with Gasteiger partial charge in [-0.1, -0.05) is 30.3 Å². The minimum atomic E-state index is -0.276. The smallest absolute Gasteiger partial charge is 0.291 e. The fourth-order valence-electron chi connectivity index (χ4n) is 3.54. The van der Waals surface area contributed by atoms with E-state index in [4.69, 9.17) is 4.42 Å². The van der Waals surface area contributed by atoms with Gasteiger partial charge in [0.1, 0.15) is 0 Å². The van der Waals surface area contributed by atoms with E-state index in [1.54, 1.807) is 11.8 Å². The quantitative estimate of drug-likeness (QED) is 0.800. The number of hydrogen-bond donors (Lipinski definition) is 2. The standard InChI is InChI=1S/C22H28N4O4/c1-16-20(30-15-25-16)22(29)26-12-5-8-18(9-11-23-19(27)10-13-26)21(28)24-14-17-6-3-2-4-7-17/h2-4,6-7,15,18H,5,8-14H2,1H3,(H,23,27)(H,24,28). The summed E-state index contributed by atoms with van der Waals surface area (Å²) >= 11 is 0. The number of nitrogens with one attached hydrogen (secondary N) is 2. The molecule has 0 aliphatic carbocycles. The third-order valence-electron chi connectivity index (χ3n) is 5.31. The Balaban J connectivity index is 1.61. The predicted molar refractivity (Wildman–Crippen MR) is 110 cm³/mol. The van der Waals surface area contributed by atoms with Crippen molar-refractivity contribution in [2.45, 2.75) is 39.2 Å². The molecule has 30 heavy (non-hydrogen) atoms. The first kappa shape index (κ1) is 21.5. The Morgan fingerprint density at radius 2 is 2.03 bits per heavy atom. The van der Waals surface area contributed by atoms with E-state index in [2.05, 4.69) is 15.6 Å². The van der Waals surface area contributed by atoms with Crippen molar-refractivity contribution in [2.75, 3.05) is 19.6 Å². The molecule has 1 aromatic carbocycles. The van der Waals surface area contributed by atoms with Gasteiger partial charge >= 0.3 is 0 Å². The summed E-state index contributed by atoms with van der Waals surface area (Å²) in [6.07, 6.45) is 3.33. The molecule has 1 aliphatic heterocycles. The average molecular weight is 412 g/mol. The summed E-state index contributed by atoms with van der Waals surface area (Å²) in [4.78, 5) is 43.2. The maximum atomic E-state index is 12.8. The highest BCUT2D eigenvalue weighted by molar-refractivity contribution is 5.92. The predicted octanol–water partition coefficient (Wildman–Crippen LogP) is 2.05. The highest BCUT2D eigenvalue weighted by Gasteiger charge is 2.24. The van der Waals surface area contributed by atoms with Gasteiger partial charge in [-0.15, -0.1) is 0 Å². The van der Waals surface area contributed by atoms with Gasteiger partial charge in [0, 0.05) is 38.5 Å². The van der Waals surface area contributed by atoms with Gasteiger partial charge in [0.05, 0.1) is 5.69 Å². The summed E-state index contributed by atoms with van der Waals surface area (Å²) in [7, 11) is 0. The van der Waals surface area contributed by atoms with Crippen LogP contribution in [-0.4, -0.2) is 47.2 Å². The number of benzene rings is 1. The van der Waals surface area contributed by atoms with Crippen molar-refractivity contribution in [3.8, 4) is 0 Å². The van der Waals surface area contributed by atoms with Crippen LogP contribution in [0.1, 0.15) is 47.5 Å². The van der Waals surface area contributed by atoms with Gasteiger partial charge in [-0.3, -0.25) is 14.4 Å². The third-order valence-corrected chi connectivity index (χ3v) is 5.31. The Morgan fingerprint density at radius 1 is 1.23 bits per heavy atom. The molecule has 8 nitrogen and oxygen atoms in total. The molecule has 1 aliphatic rings. The van der Waals surface area contributed by atoms with Crippen LogP contribution in [0.5, 0.6) is 0 Å². The third kappa shape index (κ3) is 5.92. The van der Waals surface area contributed by atoms with Crippen LogP contribution in [0.4, 0.5) is 0 Å². The van der Waals surface area contributed by atoms with Crippen LogP contribution in [-0.2, 0) is 16.1 Å². The highest BCUT2D eigenvalue weighted by Crippen LogP contribution is 2.16.